The van der Waals surface area contributed by atoms with Crippen molar-refractivity contribution in [2.75, 3.05) is 23.4 Å². The van der Waals surface area contributed by atoms with Crippen LogP contribution in [0.3, 0.4) is 0 Å². The number of thioether (sulfide) groups is 1. The summed E-state index contributed by atoms with van der Waals surface area (Å²) < 4.78 is 0. The van der Waals surface area contributed by atoms with E-state index in [2.05, 4.69) is 31.1 Å². The maximum absolute atomic E-state index is 12.3. The van der Waals surface area contributed by atoms with E-state index >= 15 is 0 Å². The molecule has 2 heterocycles. The van der Waals surface area contributed by atoms with Crippen molar-refractivity contribution in [1.82, 2.24) is 9.88 Å². The molecule has 2 N–H and O–H groups in total. The minimum absolute atomic E-state index is 0.0785. The van der Waals surface area contributed by atoms with Crippen LogP contribution in [0.2, 0.25) is 0 Å². The smallest absolute Gasteiger partial charge is 0.327 e. The molecule has 1 unspecified atom stereocenters. The van der Waals surface area contributed by atoms with Gasteiger partial charge in [-0.25, -0.2) is 14.6 Å². The van der Waals surface area contributed by atoms with Gasteiger partial charge in [-0.1, -0.05) is 20.8 Å². The third-order valence-electron chi connectivity index (χ3n) is 3.16. The van der Waals surface area contributed by atoms with E-state index in [4.69, 9.17) is 0 Å². The maximum atomic E-state index is 12.3. The lowest BCUT2D eigenvalue weighted by atomic mass is 9.93. The van der Waals surface area contributed by atoms with Crippen LogP contribution in [0.4, 0.5) is 9.93 Å². The van der Waals surface area contributed by atoms with Crippen LogP contribution in [0.15, 0.2) is 5.38 Å². The summed E-state index contributed by atoms with van der Waals surface area (Å²) in [5.41, 5.74) is 0.831. The molecule has 1 atom stereocenters. The number of urea groups is 1. The predicted octanol–water partition coefficient (Wildman–Crippen LogP) is 2.47. The number of hydrogen-bond donors (Lipinski definition) is 2. The zero-order chi connectivity index (χ0) is 15.6. The molecule has 1 aliphatic heterocycles. The number of aliphatic carboxylic acids is 1. The number of amides is 2. The standard InChI is InChI=1S/C13H19N3O3S2/c1-13(2,3)9-7-21-11(14-9)15-12(19)16-4-5-20-6-8(16)10(17)18/h7-8H,4-6H2,1-3H3,(H,17,18)(H,14,15,19). The average Bonchev–Trinajstić information content (AvgIpc) is 2.87. The Bertz CT molecular complexity index is 539. The van der Waals surface area contributed by atoms with Crippen molar-refractivity contribution >= 4 is 40.2 Å². The van der Waals surface area contributed by atoms with Gasteiger partial charge >= 0.3 is 12.0 Å². The van der Waals surface area contributed by atoms with E-state index in [1.165, 1.54) is 16.2 Å². The number of nitrogens with one attached hydrogen (secondary N) is 1. The first-order valence-electron chi connectivity index (χ1n) is 6.63. The first-order chi connectivity index (χ1) is 9.79. The molecule has 0 bridgehead atoms. The number of nitrogens with zero attached hydrogens (tertiary/aromatic N) is 2. The molecule has 0 saturated carbocycles. The van der Waals surface area contributed by atoms with E-state index in [0.29, 0.717) is 17.4 Å². The Kier molecular flexibility index (Phi) is 4.77. The highest BCUT2D eigenvalue weighted by Crippen LogP contribution is 2.27. The van der Waals surface area contributed by atoms with Gasteiger partial charge in [-0.15, -0.1) is 11.3 Å². The van der Waals surface area contributed by atoms with Crippen molar-refractivity contribution in [3.63, 3.8) is 0 Å². The fourth-order valence-corrected chi connectivity index (χ4v) is 3.86. The van der Waals surface area contributed by atoms with Crippen LogP contribution < -0.4 is 5.32 Å². The summed E-state index contributed by atoms with van der Waals surface area (Å²) >= 11 is 2.91. The van der Waals surface area contributed by atoms with Crippen LogP contribution in [-0.4, -0.2) is 51.1 Å². The Hall–Kier alpha value is -1.28. The molecule has 1 aromatic rings. The van der Waals surface area contributed by atoms with E-state index in [9.17, 15) is 14.7 Å². The van der Waals surface area contributed by atoms with E-state index in [1.807, 2.05) is 5.38 Å². The van der Waals surface area contributed by atoms with Gasteiger partial charge in [-0.2, -0.15) is 11.8 Å². The molecule has 0 spiro atoms. The van der Waals surface area contributed by atoms with Crippen LogP contribution in [-0.2, 0) is 10.2 Å². The molecule has 0 aliphatic carbocycles. The predicted molar refractivity (Wildman–Crippen MR) is 85.3 cm³/mol. The molecule has 21 heavy (non-hydrogen) atoms. The van der Waals surface area contributed by atoms with Gasteiger partial charge in [0.2, 0.25) is 0 Å². The fourth-order valence-electron chi connectivity index (χ4n) is 1.89. The summed E-state index contributed by atoms with van der Waals surface area (Å²) in [6, 6.07) is -1.16. The zero-order valence-electron chi connectivity index (χ0n) is 12.3. The molecule has 1 fully saturated rings. The summed E-state index contributed by atoms with van der Waals surface area (Å²) in [4.78, 5) is 29.2. The Labute approximate surface area is 131 Å². The largest absolute Gasteiger partial charge is 0.480 e. The Morgan fingerprint density at radius 3 is 2.76 bits per heavy atom. The van der Waals surface area contributed by atoms with E-state index in [0.717, 1.165) is 11.4 Å². The third kappa shape index (κ3) is 3.88. The van der Waals surface area contributed by atoms with Crippen LogP contribution in [0.1, 0.15) is 26.5 Å². The normalized spacial score (nSPS) is 19.4. The number of anilines is 1. The third-order valence-corrected chi connectivity index (χ3v) is 4.94. The van der Waals surface area contributed by atoms with Gasteiger partial charge in [0, 0.05) is 28.8 Å². The molecular formula is C13H19N3O3S2. The number of carboxylic acid groups (broad SMARTS) is 1. The SMILES string of the molecule is CC(C)(C)c1csc(NC(=O)N2CCSCC2C(=O)O)n1. The highest BCUT2D eigenvalue weighted by molar-refractivity contribution is 7.99. The Morgan fingerprint density at radius 2 is 2.19 bits per heavy atom. The summed E-state index contributed by atoms with van der Waals surface area (Å²) in [6.45, 7) is 6.59. The van der Waals surface area contributed by atoms with Crippen molar-refractivity contribution in [2.45, 2.75) is 32.2 Å². The second-order valence-electron chi connectivity index (χ2n) is 5.84. The van der Waals surface area contributed by atoms with Gasteiger partial charge in [0.1, 0.15) is 6.04 Å². The second-order valence-corrected chi connectivity index (χ2v) is 7.85. The summed E-state index contributed by atoms with van der Waals surface area (Å²) in [7, 11) is 0. The van der Waals surface area contributed by atoms with Crippen molar-refractivity contribution in [3.8, 4) is 0 Å². The van der Waals surface area contributed by atoms with Crippen LogP contribution >= 0.6 is 23.1 Å². The van der Waals surface area contributed by atoms with Gasteiger partial charge in [-0.05, 0) is 0 Å². The highest BCUT2D eigenvalue weighted by Gasteiger charge is 2.32. The lowest BCUT2D eigenvalue weighted by Crippen LogP contribution is -2.51. The minimum atomic E-state index is -0.966. The molecule has 6 nitrogen and oxygen atoms in total. The molecule has 0 aromatic carbocycles. The number of thiazole rings is 1. The van der Waals surface area contributed by atoms with Crippen molar-refractivity contribution in [3.05, 3.63) is 11.1 Å². The molecular weight excluding hydrogens is 310 g/mol. The van der Waals surface area contributed by atoms with Crippen molar-refractivity contribution in [1.29, 1.82) is 0 Å². The number of rotatable bonds is 2. The van der Waals surface area contributed by atoms with Crippen LogP contribution in [0, 0.1) is 0 Å². The fraction of sp³-hybridized carbons (Fsp3) is 0.615. The van der Waals surface area contributed by atoms with Gasteiger partial charge in [0.15, 0.2) is 5.13 Å². The van der Waals surface area contributed by atoms with Crippen LogP contribution in [0.25, 0.3) is 0 Å². The second kappa shape index (κ2) is 6.23. The molecule has 1 aromatic heterocycles. The zero-order valence-corrected chi connectivity index (χ0v) is 13.9. The number of carbonyl (C=O) groups is 2. The molecule has 8 heteroatoms. The monoisotopic (exact) mass is 329 g/mol. The molecule has 0 radical (unpaired) electrons. The van der Waals surface area contributed by atoms with Gasteiger partial charge < -0.3 is 10.0 Å². The maximum Gasteiger partial charge on any atom is 0.327 e. The summed E-state index contributed by atoms with van der Waals surface area (Å²) in [5, 5.41) is 14.3. The molecule has 1 aliphatic rings. The number of carbonyl (C=O) groups excluding carboxylic acids is 1. The number of hydrogen-bond acceptors (Lipinski definition) is 5. The van der Waals surface area contributed by atoms with E-state index < -0.39 is 18.0 Å². The van der Waals surface area contributed by atoms with E-state index in [-0.39, 0.29) is 5.41 Å². The van der Waals surface area contributed by atoms with E-state index in [1.54, 1.807) is 11.8 Å². The van der Waals surface area contributed by atoms with Crippen molar-refractivity contribution in [2.24, 2.45) is 0 Å². The summed E-state index contributed by atoms with van der Waals surface area (Å²) in [5.74, 6) is 0.211. The minimum Gasteiger partial charge on any atom is -0.480 e. The first kappa shape index (κ1) is 16.1. The quantitative estimate of drug-likeness (QED) is 0.871. The molecule has 2 amide bonds. The number of carboxylic acids is 1. The Balaban J connectivity index is 2.06. The molecule has 116 valence electrons. The van der Waals surface area contributed by atoms with Crippen LogP contribution in [0.5, 0.6) is 0 Å². The Morgan fingerprint density at radius 1 is 1.48 bits per heavy atom. The number of aromatic nitrogens is 1. The first-order valence-corrected chi connectivity index (χ1v) is 8.66. The van der Waals surface area contributed by atoms with Gasteiger partial charge in [0.25, 0.3) is 0 Å². The topological polar surface area (TPSA) is 82.5 Å². The lowest BCUT2D eigenvalue weighted by Gasteiger charge is -2.32. The highest BCUT2D eigenvalue weighted by atomic mass is 32.2. The molecule has 1 saturated heterocycles. The van der Waals surface area contributed by atoms with Gasteiger partial charge in [0.05, 0.1) is 5.69 Å². The lowest BCUT2D eigenvalue weighted by molar-refractivity contribution is -0.141. The molecule has 2 rings (SSSR count). The van der Waals surface area contributed by atoms with Crippen molar-refractivity contribution < 1.29 is 14.7 Å². The summed E-state index contributed by atoms with van der Waals surface area (Å²) in [6.07, 6.45) is 0. The average molecular weight is 329 g/mol. The van der Waals surface area contributed by atoms with Gasteiger partial charge in [-0.3, -0.25) is 5.32 Å².